The zero-order valence-corrected chi connectivity index (χ0v) is 8.53. The van der Waals surface area contributed by atoms with Gasteiger partial charge in [-0.3, -0.25) is 4.79 Å². The zero-order chi connectivity index (χ0) is 10.7. The molecule has 0 atom stereocenters. The van der Waals surface area contributed by atoms with Gasteiger partial charge in [0.15, 0.2) is 0 Å². The van der Waals surface area contributed by atoms with E-state index in [4.69, 9.17) is 5.53 Å². The van der Waals surface area contributed by atoms with Gasteiger partial charge in [-0.2, -0.15) is 4.79 Å². The minimum absolute atomic E-state index is 0.270. The summed E-state index contributed by atoms with van der Waals surface area (Å²) in [5.41, 5.74) is 12.0. The van der Waals surface area contributed by atoms with Crippen molar-refractivity contribution >= 4 is 12.0 Å². The molecule has 0 aliphatic carbocycles. The van der Waals surface area contributed by atoms with E-state index in [0.717, 1.165) is 22.9 Å². The van der Waals surface area contributed by atoms with Gasteiger partial charge in [0.25, 0.3) is 5.78 Å². The van der Waals surface area contributed by atoms with Gasteiger partial charge in [-0.25, -0.2) is 0 Å². The van der Waals surface area contributed by atoms with Gasteiger partial charge >= 0.3 is 6.21 Å². The van der Waals surface area contributed by atoms with Gasteiger partial charge in [0.1, 0.15) is 0 Å². The van der Waals surface area contributed by atoms with Crippen LogP contribution in [0.5, 0.6) is 0 Å². The van der Waals surface area contributed by atoms with Crippen molar-refractivity contribution < 1.29 is 9.58 Å². The normalized spacial score (nSPS) is 9.36. The summed E-state index contributed by atoms with van der Waals surface area (Å²) in [6.45, 7) is 5.81. The average Bonchev–Trinajstić information content (AvgIpc) is 2.11. The molecule has 0 aliphatic heterocycles. The molecule has 1 aromatic rings. The Hall–Kier alpha value is -1.73. The lowest BCUT2D eigenvalue weighted by molar-refractivity contribution is 0.00234. The van der Waals surface area contributed by atoms with Gasteiger partial charge in [-0.15, -0.1) is 0 Å². The Bertz CT molecular complexity index is 429. The number of hydrogen-bond donors (Lipinski definition) is 0. The molecule has 0 saturated heterocycles. The minimum atomic E-state index is -0.270. The number of carbonyl (C=O) groups excluding carboxylic acids is 1. The van der Waals surface area contributed by atoms with Crippen LogP contribution < -0.4 is 0 Å². The fourth-order valence-electron chi connectivity index (χ4n) is 1.35. The van der Waals surface area contributed by atoms with Crippen molar-refractivity contribution in [3.05, 3.63) is 39.9 Å². The summed E-state index contributed by atoms with van der Waals surface area (Å²) in [6, 6.07) is 3.77. The van der Waals surface area contributed by atoms with Crippen LogP contribution in [0.2, 0.25) is 0 Å². The second-order valence-electron chi connectivity index (χ2n) is 3.36. The molecule has 0 amide bonds. The number of rotatable bonds is 2. The highest BCUT2D eigenvalue weighted by atomic mass is 16.1. The second-order valence-corrected chi connectivity index (χ2v) is 3.36. The molecule has 1 aromatic carbocycles. The number of hydrogen-bond acceptors (Lipinski definition) is 1. The molecular weight excluding hydrogens is 176 g/mol. The third-order valence-corrected chi connectivity index (χ3v) is 2.28. The molecule has 0 saturated carbocycles. The van der Waals surface area contributed by atoms with Gasteiger partial charge in [-0.05, 0) is 43.5 Å². The summed E-state index contributed by atoms with van der Waals surface area (Å²) in [7, 11) is 0. The first-order chi connectivity index (χ1) is 6.56. The summed E-state index contributed by atoms with van der Waals surface area (Å²) in [4.78, 5) is 14.2. The lowest BCUT2D eigenvalue weighted by Crippen LogP contribution is -2.04. The fraction of sp³-hybridized carbons (Fsp3) is 0.273. The molecule has 0 spiro atoms. The number of ketones is 1. The van der Waals surface area contributed by atoms with Crippen LogP contribution in [-0.2, 0) is 0 Å². The number of nitrogens with zero attached hydrogens (tertiary/aromatic N) is 2. The molecular formula is C11H12N2O. The number of aryl methyl sites for hydroxylation is 3. The molecule has 1 rings (SSSR count). The summed E-state index contributed by atoms with van der Waals surface area (Å²) in [5.74, 6) is -0.270. The predicted octanol–water partition coefficient (Wildman–Crippen LogP) is 2.10. The zero-order valence-electron chi connectivity index (χ0n) is 8.53. The molecule has 0 bridgehead atoms. The number of Topliss-reactive ketones (excluding diaryl/α,β-unsaturated/α-hetero) is 1. The molecule has 0 N–H and O–H groups in total. The highest BCUT2D eigenvalue weighted by Crippen LogP contribution is 2.15. The topological polar surface area (TPSA) is 53.5 Å². The van der Waals surface area contributed by atoms with Crippen LogP contribution in [0.3, 0.4) is 0 Å². The lowest BCUT2D eigenvalue weighted by atomic mass is 9.98. The van der Waals surface area contributed by atoms with Crippen LogP contribution >= 0.6 is 0 Å². The maximum Gasteiger partial charge on any atom is 0.328 e. The van der Waals surface area contributed by atoms with Crippen molar-refractivity contribution in [2.45, 2.75) is 20.8 Å². The van der Waals surface area contributed by atoms with E-state index < -0.39 is 0 Å². The van der Waals surface area contributed by atoms with Gasteiger partial charge in [0.2, 0.25) is 0 Å². The molecule has 72 valence electrons. The molecule has 3 nitrogen and oxygen atoms in total. The molecule has 14 heavy (non-hydrogen) atoms. The van der Waals surface area contributed by atoms with Crippen LogP contribution in [0, 0.1) is 20.8 Å². The molecule has 0 heterocycles. The van der Waals surface area contributed by atoms with Crippen molar-refractivity contribution in [2.75, 3.05) is 0 Å². The maximum atomic E-state index is 11.4. The van der Waals surface area contributed by atoms with Crippen LogP contribution in [0.25, 0.3) is 5.53 Å². The predicted molar refractivity (Wildman–Crippen MR) is 54.7 cm³/mol. The van der Waals surface area contributed by atoms with Crippen molar-refractivity contribution in [3.8, 4) is 0 Å². The molecule has 0 aromatic heterocycles. The summed E-state index contributed by atoms with van der Waals surface area (Å²) in [5, 5.41) is 0. The Kier molecular flexibility index (Phi) is 2.95. The van der Waals surface area contributed by atoms with Crippen LogP contribution in [0.15, 0.2) is 12.1 Å². The van der Waals surface area contributed by atoms with Gasteiger partial charge < -0.3 is 5.53 Å². The van der Waals surface area contributed by atoms with Crippen molar-refractivity contribution in [1.82, 2.24) is 0 Å². The molecule has 0 unspecified atom stereocenters. The van der Waals surface area contributed by atoms with Gasteiger partial charge in [0.05, 0.1) is 0 Å². The van der Waals surface area contributed by atoms with E-state index in [1.54, 1.807) is 0 Å². The fourth-order valence-corrected chi connectivity index (χ4v) is 1.35. The monoisotopic (exact) mass is 188 g/mol. The van der Waals surface area contributed by atoms with E-state index in [-0.39, 0.29) is 5.78 Å². The molecule has 0 fully saturated rings. The Morgan fingerprint density at radius 3 is 2.36 bits per heavy atom. The summed E-state index contributed by atoms with van der Waals surface area (Å²) >= 11 is 0. The standard InChI is InChI=1S/C11H12N2O/c1-7-4-9(3)10(5-8(7)2)11(14)6-13-12/h4-6H,1-3H3. The van der Waals surface area contributed by atoms with E-state index in [1.165, 1.54) is 0 Å². The second kappa shape index (κ2) is 3.99. The first-order valence-electron chi connectivity index (χ1n) is 4.36. The van der Waals surface area contributed by atoms with Crippen molar-refractivity contribution in [2.24, 2.45) is 0 Å². The van der Waals surface area contributed by atoms with E-state index in [2.05, 4.69) is 4.79 Å². The Labute approximate surface area is 83.0 Å². The number of benzene rings is 1. The summed E-state index contributed by atoms with van der Waals surface area (Å²) < 4.78 is 0. The van der Waals surface area contributed by atoms with E-state index in [1.807, 2.05) is 32.9 Å². The van der Waals surface area contributed by atoms with E-state index in [9.17, 15) is 4.79 Å². The SMILES string of the molecule is Cc1cc(C)c(C(=O)C=[N+]=[N-])cc1C. The molecule has 3 heteroatoms. The Morgan fingerprint density at radius 2 is 1.79 bits per heavy atom. The highest BCUT2D eigenvalue weighted by Gasteiger charge is 2.11. The van der Waals surface area contributed by atoms with Gasteiger partial charge in [-0.1, -0.05) is 6.07 Å². The smallest absolute Gasteiger partial charge is 0.328 e. The van der Waals surface area contributed by atoms with E-state index >= 15 is 0 Å². The average molecular weight is 188 g/mol. The lowest BCUT2D eigenvalue weighted by Gasteiger charge is -2.05. The van der Waals surface area contributed by atoms with Crippen LogP contribution in [0.1, 0.15) is 27.0 Å². The van der Waals surface area contributed by atoms with Gasteiger partial charge in [0, 0.05) is 5.56 Å². The maximum absolute atomic E-state index is 11.4. The molecule has 0 aliphatic rings. The van der Waals surface area contributed by atoms with Crippen molar-refractivity contribution in [3.63, 3.8) is 0 Å². The quantitative estimate of drug-likeness (QED) is 0.303. The number of carbonyl (C=O) groups is 1. The molecule has 0 radical (unpaired) electrons. The first kappa shape index (κ1) is 10.4. The Morgan fingerprint density at radius 1 is 1.21 bits per heavy atom. The first-order valence-corrected chi connectivity index (χ1v) is 4.36. The van der Waals surface area contributed by atoms with E-state index in [0.29, 0.717) is 5.56 Å². The Balaban J connectivity index is 3.29. The minimum Gasteiger partial charge on any atom is -0.361 e. The van der Waals surface area contributed by atoms with Crippen LogP contribution in [-0.4, -0.2) is 16.8 Å². The third-order valence-electron chi connectivity index (χ3n) is 2.28. The van der Waals surface area contributed by atoms with Crippen LogP contribution in [0.4, 0.5) is 0 Å². The summed E-state index contributed by atoms with van der Waals surface area (Å²) in [6.07, 6.45) is 0.914. The highest BCUT2D eigenvalue weighted by molar-refractivity contribution is 6.33. The van der Waals surface area contributed by atoms with Crippen molar-refractivity contribution in [1.29, 1.82) is 0 Å². The third kappa shape index (κ3) is 1.95. The largest absolute Gasteiger partial charge is 0.361 e.